The summed E-state index contributed by atoms with van der Waals surface area (Å²) in [6.45, 7) is 0.732. The van der Waals surface area contributed by atoms with Crippen LogP contribution in [0.4, 0.5) is 4.39 Å². The lowest BCUT2D eigenvalue weighted by molar-refractivity contribution is -0.177. The smallest absolute Gasteiger partial charge is 0.161 e. The van der Waals surface area contributed by atoms with Crippen LogP contribution in [0.15, 0.2) is 91.0 Å². The molecule has 0 radical (unpaired) electrons. The Hall–Kier alpha value is -2.57. The molecule has 1 N–H and O–H groups in total. The predicted molar refractivity (Wildman–Crippen MR) is 118 cm³/mol. The summed E-state index contributed by atoms with van der Waals surface area (Å²) >= 11 is 0. The van der Waals surface area contributed by atoms with Gasteiger partial charge in [-0.2, -0.15) is 0 Å². The third-order valence-corrected chi connectivity index (χ3v) is 4.80. The maximum atomic E-state index is 14.5. The van der Waals surface area contributed by atoms with Crippen LogP contribution in [-0.2, 0) is 34.0 Å². The lowest BCUT2D eigenvalue weighted by Gasteiger charge is -2.23. The average Bonchev–Trinajstić information content (AvgIpc) is 2.82. The third kappa shape index (κ3) is 8.59. The molecule has 0 saturated carbocycles. The maximum Gasteiger partial charge on any atom is 0.161 e. The van der Waals surface area contributed by atoms with Crippen LogP contribution in [0.5, 0.6) is 0 Å². The van der Waals surface area contributed by atoms with Gasteiger partial charge in [0.25, 0.3) is 0 Å². The monoisotopic (exact) mass is 424 g/mol. The lowest BCUT2D eigenvalue weighted by Crippen LogP contribution is -2.32. The van der Waals surface area contributed by atoms with Gasteiger partial charge in [0.05, 0.1) is 32.5 Å². The van der Waals surface area contributed by atoms with E-state index in [4.69, 9.17) is 14.2 Å². The number of halogens is 1. The van der Waals surface area contributed by atoms with Gasteiger partial charge in [-0.05, 0) is 16.7 Å². The number of hydrogen-bond donors (Lipinski definition) is 1. The number of alkyl halides is 1. The van der Waals surface area contributed by atoms with Crippen molar-refractivity contribution in [3.63, 3.8) is 0 Å². The van der Waals surface area contributed by atoms with E-state index in [1.807, 2.05) is 91.0 Å². The quantitative estimate of drug-likeness (QED) is 0.390. The molecule has 31 heavy (non-hydrogen) atoms. The van der Waals surface area contributed by atoms with Gasteiger partial charge in [0.1, 0.15) is 6.17 Å². The van der Waals surface area contributed by atoms with Crippen molar-refractivity contribution in [2.75, 3.05) is 6.61 Å². The van der Waals surface area contributed by atoms with Gasteiger partial charge in [-0.3, -0.25) is 0 Å². The first kappa shape index (κ1) is 23.1. The molecule has 0 aliphatic rings. The summed E-state index contributed by atoms with van der Waals surface area (Å²) in [6, 6.07) is 28.9. The molecule has 164 valence electrons. The number of ether oxygens (including phenoxy) is 3. The van der Waals surface area contributed by atoms with Crippen molar-refractivity contribution >= 4 is 0 Å². The summed E-state index contributed by atoms with van der Waals surface area (Å²) in [5, 5.41) is 10.4. The first-order chi connectivity index (χ1) is 15.2. The molecule has 3 aromatic carbocycles. The second kappa shape index (κ2) is 13.0. The molecule has 5 heteroatoms. The van der Waals surface area contributed by atoms with Crippen LogP contribution >= 0.6 is 0 Å². The topological polar surface area (TPSA) is 47.9 Å². The molecule has 0 amide bonds. The molecule has 0 unspecified atom stereocenters. The molecule has 0 aliphatic carbocycles. The maximum absolute atomic E-state index is 14.5. The fourth-order valence-electron chi connectivity index (χ4n) is 3.03. The highest BCUT2D eigenvalue weighted by Crippen LogP contribution is 2.16. The van der Waals surface area contributed by atoms with Crippen molar-refractivity contribution in [2.24, 2.45) is 0 Å². The minimum Gasteiger partial charge on any atom is -0.390 e. The summed E-state index contributed by atoms with van der Waals surface area (Å²) in [5.74, 6) is 0. The summed E-state index contributed by atoms with van der Waals surface area (Å²) in [5.41, 5.74) is 2.92. The molecule has 0 bridgehead atoms. The number of aliphatic hydroxyl groups excluding tert-OH is 1. The van der Waals surface area contributed by atoms with Crippen molar-refractivity contribution in [2.45, 2.75) is 44.8 Å². The van der Waals surface area contributed by atoms with Crippen LogP contribution in [0.2, 0.25) is 0 Å². The summed E-state index contributed by atoms with van der Waals surface area (Å²) in [7, 11) is 0. The minimum absolute atomic E-state index is 0.00946. The second-order valence-electron chi connectivity index (χ2n) is 7.34. The van der Waals surface area contributed by atoms with Gasteiger partial charge in [0.15, 0.2) is 6.29 Å². The molecule has 0 fully saturated rings. The second-order valence-corrected chi connectivity index (χ2v) is 7.34. The number of hydrogen-bond acceptors (Lipinski definition) is 4. The van der Waals surface area contributed by atoms with Crippen molar-refractivity contribution in [1.29, 1.82) is 0 Å². The fraction of sp³-hybridized carbons (Fsp3) is 0.308. The molecule has 0 aromatic heterocycles. The Labute approximate surface area is 183 Å². The molecule has 3 rings (SSSR count). The van der Waals surface area contributed by atoms with Crippen molar-refractivity contribution in [3.8, 4) is 0 Å². The SMILES string of the molecule is O[C@H](CC(OCc1ccccc1)OCc1ccccc1)[C@@H](F)COCc1ccccc1. The van der Waals surface area contributed by atoms with Crippen LogP contribution in [0.3, 0.4) is 0 Å². The Morgan fingerprint density at radius 1 is 0.645 bits per heavy atom. The van der Waals surface area contributed by atoms with E-state index in [0.29, 0.717) is 19.8 Å². The van der Waals surface area contributed by atoms with Crippen LogP contribution in [0.1, 0.15) is 23.1 Å². The fourth-order valence-corrected chi connectivity index (χ4v) is 3.03. The van der Waals surface area contributed by atoms with Gasteiger partial charge in [-0.25, -0.2) is 4.39 Å². The first-order valence-electron chi connectivity index (χ1n) is 10.5. The number of rotatable bonds is 13. The van der Waals surface area contributed by atoms with E-state index in [1.54, 1.807) is 0 Å². The van der Waals surface area contributed by atoms with E-state index < -0.39 is 18.6 Å². The Balaban J connectivity index is 1.49. The molecule has 0 spiro atoms. The molecule has 4 nitrogen and oxygen atoms in total. The van der Waals surface area contributed by atoms with E-state index in [9.17, 15) is 9.50 Å². The standard InChI is InChI=1S/C26H29FO4/c27-24(20-29-17-21-10-4-1-5-11-21)25(28)16-26(30-18-22-12-6-2-7-13-22)31-19-23-14-8-3-9-15-23/h1-15,24-26,28H,16-20H2/t24-,25+/m0/s1. The molecule has 0 saturated heterocycles. The minimum atomic E-state index is -1.54. The zero-order chi connectivity index (χ0) is 21.7. The van der Waals surface area contributed by atoms with Gasteiger partial charge in [-0.1, -0.05) is 91.0 Å². The highest BCUT2D eigenvalue weighted by molar-refractivity contribution is 5.15. The van der Waals surface area contributed by atoms with Crippen molar-refractivity contribution in [1.82, 2.24) is 0 Å². The number of aliphatic hydroxyl groups is 1. The van der Waals surface area contributed by atoms with E-state index in [-0.39, 0.29) is 13.0 Å². The summed E-state index contributed by atoms with van der Waals surface area (Å²) < 4.78 is 31.6. The van der Waals surface area contributed by atoms with E-state index in [0.717, 1.165) is 16.7 Å². The highest BCUT2D eigenvalue weighted by Gasteiger charge is 2.24. The average molecular weight is 425 g/mol. The van der Waals surface area contributed by atoms with Crippen LogP contribution in [-0.4, -0.2) is 30.3 Å². The van der Waals surface area contributed by atoms with Gasteiger partial charge < -0.3 is 19.3 Å². The normalized spacial score (nSPS) is 13.3. The molecule has 2 atom stereocenters. The van der Waals surface area contributed by atoms with Crippen LogP contribution in [0.25, 0.3) is 0 Å². The van der Waals surface area contributed by atoms with Gasteiger partial charge in [0, 0.05) is 6.42 Å². The highest BCUT2D eigenvalue weighted by atomic mass is 19.1. The summed E-state index contributed by atoms with van der Waals surface area (Å²) in [4.78, 5) is 0. The first-order valence-corrected chi connectivity index (χ1v) is 10.5. The Morgan fingerprint density at radius 2 is 1.06 bits per heavy atom. The zero-order valence-electron chi connectivity index (χ0n) is 17.5. The van der Waals surface area contributed by atoms with Crippen LogP contribution in [0, 0.1) is 0 Å². The Kier molecular flexibility index (Phi) is 9.67. The molecular formula is C26H29FO4. The van der Waals surface area contributed by atoms with Crippen molar-refractivity contribution < 1.29 is 23.7 Å². The van der Waals surface area contributed by atoms with E-state index in [2.05, 4.69) is 0 Å². The zero-order valence-corrected chi connectivity index (χ0v) is 17.5. The lowest BCUT2D eigenvalue weighted by atomic mass is 10.1. The van der Waals surface area contributed by atoms with Gasteiger partial charge in [-0.15, -0.1) is 0 Å². The summed E-state index contributed by atoms with van der Waals surface area (Å²) in [6.07, 6.45) is -3.53. The molecular weight excluding hydrogens is 395 g/mol. The van der Waals surface area contributed by atoms with Crippen molar-refractivity contribution in [3.05, 3.63) is 108 Å². The number of benzene rings is 3. The Bertz CT molecular complexity index is 802. The predicted octanol–water partition coefficient (Wildman–Crippen LogP) is 5.05. The van der Waals surface area contributed by atoms with Gasteiger partial charge in [0.2, 0.25) is 0 Å². The van der Waals surface area contributed by atoms with Crippen LogP contribution < -0.4 is 0 Å². The Morgan fingerprint density at radius 3 is 1.52 bits per heavy atom. The largest absolute Gasteiger partial charge is 0.390 e. The van der Waals surface area contributed by atoms with E-state index in [1.165, 1.54) is 0 Å². The molecule has 0 aliphatic heterocycles. The third-order valence-electron chi connectivity index (χ3n) is 4.80. The molecule has 0 heterocycles. The molecule has 3 aromatic rings. The van der Waals surface area contributed by atoms with Gasteiger partial charge >= 0.3 is 0 Å². The van der Waals surface area contributed by atoms with E-state index >= 15 is 0 Å².